The Morgan fingerprint density at radius 1 is 1.14 bits per heavy atom. The van der Waals surface area contributed by atoms with Gasteiger partial charge in [-0.2, -0.15) is 0 Å². The maximum Gasteiger partial charge on any atom is 0.338 e. The van der Waals surface area contributed by atoms with Crippen molar-refractivity contribution < 1.29 is 24.0 Å². The van der Waals surface area contributed by atoms with Gasteiger partial charge in [-0.05, 0) is 31.4 Å². The topological polar surface area (TPSA) is 120 Å². The summed E-state index contributed by atoms with van der Waals surface area (Å²) in [5.74, 6) is -0.305. The zero-order valence-corrected chi connectivity index (χ0v) is 23.8. The van der Waals surface area contributed by atoms with Gasteiger partial charge in [-0.25, -0.2) is 4.79 Å². The van der Waals surface area contributed by atoms with Gasteiger partial charge in [-0.1, -0.05) is 47.6 Å². The molecule has 9 nitrogen and oxygen atoms in total. The van der Waals surface area contributed by atoms with Crippen LogP contribution < -0.4 is 10.6 Å². The van der Waals surface area contributed by atoms with Gasteiger partial charge >= 0.3 is 5.97 Å². The lowest BCUT2D eigenvalue weighted by Gasteiger charge is -2.12. The van der Waals surface area contributed by atoms with E-state index in [0.717, 1.165) is 13.0 Å². The van der Waals surface area contributed by atoms with Crippen molar-refractivity contribution >= 4 is 17.6 Å². The maximum absolute atomic E-state index is 12.1. The van der Waals surface area contributed by atoms with Crippen LogP contribution in [0.3, 0.4) is 0 Å². The highest BCUT2D eigenvalue weighted by atomic mass is 16.6. The Kier molecular flexibility index (Phi) is 25.3. The summed E-state index contributed by atoms with van der Waals surface area (Å²) < 4.78 is 9.92. The van der Waals surface area contributed by atoms with Crippen LogP contribution in [0.4, 0.5) is 5.69 Å². The van der Waals surface area contributed by atoms with Crippen molar-refractivity contribution in [3.8, 4) is 12.8 Å². The third-order valence-electron chi connectivity index (χ3n) is 4.75. The lowest BCUT2D eigenvalue weighted by Crippen LogP contribution is -2.41. The number of methoxy groups -OCH3 is 1. The third kappa shape index (κ3) is 15.5. The smallest absolute Gasteiger partial charge is 0.338 e. The molecule has 3 rings (SSSR count). The van der Waals surface area contributed by atoms with Gasteiger partial charge < -0.3 is 20.1 Å². The molecule has 1 aromatic carbocycles. The fourth-order valence-electron chi connectivity index (χ4n) is 2.86. The molecule has 3 unspecified atom stereocenters. The highest BCUT2D eigenvalue weighted by Crippen LogP contribution is 2.31. The Morgan fingerprint density at radius 2 is 1.65 bits per heavy atom. The van der Waals surface area contributed by atoms with Crippen molar-refractivity contribution in [1.29, 1.82) is 0 Å². The Morgan fingerprint density at radius 3 is 2.05 bits per heavy atom. The van der Waals surface area contributed by atoms with Crippen molar-refractivity contribution in [2.75, 3.05) is 20.3 Å². The summed E-state index contributed by atoms with van der Waals surface area (Å²) in [6, 6.07) is 5.00. The SMILES string of the molecule is C#C.C=C[C@@H]1CC1NC(=O)C1CC(OC(=O)c2ccc([N+](=O)[O-])cc2)CN1.CC.CC.CC.CCOC. The summed E-state index contributed by atoms with van der Waals surface area (Å²) in [5, 5.41) is 16.6. The zero-order chi connectivity index (χ0) is 29.4. The standard InChI is InChI=1S/C17H19N3O5.C3H8O.3C2H6.C2H2/c1-2-10-7-14(10)19-16(21)15-8-13(9-18-15)25-17(22)11-3-5-12(6-4-11)20(23)24;1-3-4-2;4*1-2/h2-6,10,13-15,18H,1,7-9H2,(H,19,21);3H2,1-2H3;3*1-2H3;1-2H/t10-,13?,14?,15?;;;;;/m1...../s1. The molecule has 1 aliphatic heterocycles. The molecule has 1 aromatic rings. The van der Waals surface area contributed by atoms with Crippen molar-refractivity contribution in [2.24, 2.45) is 5.92 Å². The summed E-state index contributed by atoms with van der Waals surface area (Å²) in [6.07, 6.45) is 10.7. The largest absolute Gasteiger partial charge is 0.457 e. The number of amides is 1. The number of carbonyl (C=O) groups excluding carboxylic acids is 2. The van der Waals surface area contributed by atoms with E-state index < -0.39 is 17.0 Å². The maximum atomic E-state index is 12.1. The number of hydrogen-bond acceptors (Lipinski definition) is 7. The van der Waals surface area contributed by atoms with E-state index in [9.17, 15) is 19.7 Å². The van der Waals surface area contributed by atoms with Crippen molar-refractivity contribution in [1.82, 2.24) is 10.6 Å². The van der Waals surface area contributed by atoms with Gasteiger partial charge in [0.1, 0.15) is 6.10 Å². The first-order chi connectivity index (χ1) is 17.9. The van der Waals surface area contributed by atoms with Crippen LogP contribution in [0.25, 0.3) is 0 Å². The summed E-state index contributed by atoms with van der Waals surface area (Å²) in [4.78, 5) is 34.3. The van der Waals surface area contributed by atoms with Crippen LogP contribution in [-0.2, 0) is 14.3 Å². The molecule has 37 heavy (non-hydrogen) atoms. The first-order valence-corrected chi connectivity index (χ1v) is 12.8. The minimum absolute atomic E-state index is 0.0891. The highest BCUT2D eigenvalue weighted by Gasteiger charge is 2.39. The van der Waals surface area contributed by atoms with E-state index in [2.05, 4.69) is 34.8 Å². The molecule has 1 amide bonds. The van der Waals surface area contributed by atoms with Gasteiger partial charge in [0.05, 0.1) is 16.5 Å². The van der Waals surface area contributed by atoms with Crippen LogP contribution >= 0.6 is 0 Å². The first kappa shape index (κ1) is 38.3. The number of carbonyl (C=O) groups is 2. The molecule has 2 fully saturated rings. The van der Waals surface area contributed by atoms with E-state index in [-0.39, 0.29) is 29.2 Å². The number of nitrogens with zero attached hydrogens (tertiary/aromatic N) is 1. The number of hydrogen-bond donors (Lipinski definition) is 2. The van der Waals surface area contributed by atoms with Gasteiger partial charge in [0, 0.05) is 44.9 Å². The predicted octanol–water partition coefficient (Wildman–Crippen LogP) is 5.15. The molecule has 2 N–H and O–H groups in total. The van der Waals surface area contributed by atoms with Gasteiger partial charge in [0.2, 0.25) is 5.91 Å². The van der Waals surface area contributed by atoms with Gasteiger partial charge in [-0.3, -0.25) is 14.9 Å². The van der Waals surface area contributed by atoms with Crippen LogP contribution in [-0.4, -0.2) is 55.2 Å². The monoisotopic (exact) mass is 521 g/mol. The fourth-order valence-corrected chi connectivity index (χ4v) is 2.86. The lowest BCUT2D eigenvalue weighted by molar-refractivity contribution is -0.384. The molecule has 2 aliphatic rings. The Labute approximate surface area is 223 Å². The summed E-state index contributed by atoms with van der Waals surface area (Å²) in [6.45, 7) is 18.9. The number of esters is 1. The molecule has 1 saturated carbocycles. The second-order valence-corrected chi connectivity index (χ2v) is 6.86. The van der Waals surface area contributed by atoms with Crippen LogP contribution in [0.2, 0.25) is 0 Å². The summed E-state index contributed by atoms with van der Waals surface area (Å²) in [5.41, 5.74) is 0.152. The van der Waals surface area contributed by atoms with Crippen molar-refractivity contribution in [3.05, 3.63) is 52.6 Å². The van der Waals surface area contributed by atoms with Crippen LogP contribution in [0.1, 0.15) is 71.7 Å². The van der Waals surface area contributed by atoms with Crippen LogP contribution in [0, 0.1) is 28.9 Å². The molecule has 210 valence electrons. The normalized spacial score (nSPS) is 19.8. The van der Waals surface area contributed by atoms with Crippen LogP contribution in [0.5, 0.6) is 0 Å². The molecule has 1 saturated heterocycles. The molecule has 9 heteroatoms. The second kappa shape index (κ2) is 24.5. The van der Waals surface area contributed by atoms with Crippen molar-refractivity contribution in [2.45, 2.75) is 79.5 Å². The van der Waals surface area contributed by atoms with E-state index in [4.69, 9.17) is 4.74 Å². The molecular weight excluding hydrogens is 474 g/mol. The van der Waals surface area contributed by atoms with Crippen molar-refractivity contribution in [3.63, 3.8) is 0 Å². The highest BCUT2D eigenvalue weighted by molar-refractivity contribution is 5.90. The molecule has 0 radical (unpaired) electrons. The number of rotatable bonds is 7. The van der Waals surface area contributed by atoms with E-state index in [1.54, 1.807) is 7.11 Å². The molecule has 1 heterocycles. The molecule has 1 aliphatic carbocycles. The number of nitro groups is 1. The Balaban J connectivity index is -0.000000835. The van der Waals surface area contributed by atoms with E-state index in [1.807, 2.05) is 54.5 Å². The Hall–Kier alpha value is -3.22. The van der Waals surface area contributed by atoms with Gasteiger partial charge in [0.25, 0.3) is 5.69 Å². The Bertz CT molecular complexity index is 778. The average Bonchev–Trinajstić information content (AvgIpc) is 3.55. The van der Waals surface area contributed by atoms with E-state index in [1.165, 1.54) is 24.3 Å². The summed E-state index contributed by atoms with van der Waals surface area (Å²) in [7, 11) is 1.68. The number of nitrogens with one attached hydrogen (secondary N) is 2. The number of nitro benzene ring substituents is 1. The van der Waals surface area contributed by atoms with E-state index >= 15 is 0 Å². The molecule has 0 spiro atoms. The van der Waals surface area contributed by atoms with Gasteiger partial charge in [0.15, 0.2) is 0 Å². The zero-order valence-electron chi connectivity index (χ0n) is 23.8. The fraction of sp³-hybridized carbons (Fsp3) is 0.571. The first-order valence-electron chi connectivity index (χ1n) is 12.8. The molecular formula is C28H47N3O6. The number of terminal acetylenes is 1. The minimum Gasteiger partial charge on any atom is -0.457 e. The van der Waals surface area contributed by atoms with Crippen LogP contribution in [0.15, 0.2) is 36.9 Å². The quantitative estimate of drug-likeness (QED) is 0.167. The third-order valence-corrected chi connectivity index (χ3v) is 4.75. The van der Waals surface area contributed by atoms with Gasteiger partial charge in [-0.15, -0.1) is 19.4 Å². The molecule has 0 aromatic heterocycles. The molecule has 4 atom stereocenters. The number of non-ortho nitro benzene ring substituents is 1. The predicted molar refractivity (Wildman–Crippen MR) is 150 cm³/mol. The summed E-state index contributed by atoms with van der Waals surface area (Å²) >= 11 is 0. The lowest BCUT2D eigenvalue weighted by atomic mass is 10.1. The average molecular weight is 522 g/mol. The van der Waals surface area contributed by atoms with E-state index in [0.29, 0.717) is 18.9 Å². The second-order valence-electron chi connectivity index (χ2n) is 6.86. The minimum atomic E-state index is -0.559. The number of ether oxygens (including phenoxy) is 2. The molecule has 0 bridgehead atoms. The number of benzene rings is 1.